The zero-order chi connectivity index (χ0) is 29.9. The molecule has 1 aliphatic carbocycles. The Morgan fingerprint density at radius 1 is 0.950 bits per heavy atom. The summed E-state index contributed by atoms with van der Waals surface area (Å²) in [5, 5.41) is 19.6. The van der Waals surface area contributed by atoms with Gasteiger partial charge in [0, 0.05) is 5.92 Å². The molecule has 0 saturated heterocycles. The molecule has 1 aliphatic rings. The number of hydrogen-bond donors (Lipinski definition) is 2. The van der Waals surface area contributed by atoms with Crippen molar-refractivity contribution in [3.8, 4) is 0 Å². The predicted molar refractivity (Wildman–Crippen MR) is 170 cm³/mol. The van der Waals surface area contributed by atoms with Crippen LogP contribution in [0.1, 0.15) is 151 Å². The molecule has 0 aromatic heterocycles. The Labute approximate surface area is 247 Å². The lowest BCUT2D eigenvalue weighted by molar-refractivity contribution is -0.141. The molecule has 0 aromatic rings. The summed E-state index contributed by atoms with van der Waals surface area (Å²) in [6, 6.07) is 0. The summed E-state index contributed by atoms with van der Waals surface area (Å²) in [5.41, 5.74) is 3.82. The zero-order valence-corrected chi connectivity index (χ0v) is 27.3. The number of carboxylic acid groups (broad SMARTS) is 1. The Hall–Kier alpha value is -1.55. The highest BCUT2D eigenvalue weighted by molar-refractivity contribution is 5.69. The lowest BCUT2D eigenvalue weighted by Gasteiger charge is -2.29. The lowest BCUT2D eigenvalue weighted by atomic mass is 9.84. The number of carboxylic acids is 1. The number of allylic oxidation sites excluding steroid dienone is 3. The molecule has 0 radical (unpaired) electrons. The first-order valence-electron chi connectivity index (χ1n) is 16.7. The van der Waals surface area contributed by atoms with E-state index >= 15 is 0 Å². The Kier molecular flexibility index (Phi) is 19.3. The second-order valence-corrected chi connectivity index (χ2v) is 13.0. The quantitative estimate of drug-likeness (QED) is 0.0963. The lowest BCUT2D eigenvalue weighted by Crippen LogP contribution is -2.23. The fourth-order valence-corrected chi connectivity index (χ4v) is 5.64. The van der Waals surface area contributed by atoms with Crippen molar-refractivity contribution in [1.82, 2.24) is 0 Å². The Balaban J connectivity index is 2.33. The van der Waals surface area contributed by atoms with Crippen LogP contribution in [0.4, 0.5) is 0 Å². The van der Waals surface area contributed by atoms with Crippen molar-refractivity contribution >= 4 is 5.97 Å². The molecule has 0 bridgehead atoms. The van der Waals surface area contributed by atoms with Gasteiger partial charge in [-0.25, -0.2) is 0 Å². The minimum absolute atomic E-state index is 0.127. The van der Waals surface area contributed by atoms with Crippen LogP contribution in [0.2, 0.25) is 0 Å². The number of hydrogen-bond acceptors (Lipinski definition) is 3. The van der Waals surface area contributed by atoms with Gasteiger partial charge in [-0.3, -0.25) is 4.79 Å². The molecule has 0 saturated carbocycles. The van der Waals surface area contributed by atoms with Crippen LogP contribution in [0.25, 0.3) is 0 Å². The third-order valence-electron chi connectivity index (χ3n) is 9.04. The monoisotopic (exact) mass is 560 g/mol. The van der Waals surface area contributed by atoms with Crippen molar-refractivity contribution < 1.29 is 19.7 Å². The van der Waals surface area contributed by atoms with E-state index < -0.39 is 12.1 Å². The largest absolute Gasteiger partial charge is 0.493 e. The Bertz CT molecular complexity index is 793. The van der Waals surface area contributed by atoms with Gasteiger partial charge in [-0.1, -0.05) is 104 Å². The molecule has 4 nitrogen and oxygen atoms in total. The standard InChI is InChI=1S/C36H64O4/c1-8-9-10-11-12-13-25-40-35-32(7)31(6)34(37)26-33(35)24-23-29(4)20-15-19-27(2)17-14-18-28(3)21-16-22-30(5)36(38)39/h21,26-27,29-31,34,37H,8-20,22-25H2,1-7H3,(H,38,39). The summed E-state index contributed by atoms with van der Waals surface area (Å²) in [5.74, 6) is 1.65. The molecule has 0 aromatic carbocycles. The topological polar surface area (TPSA) is 66.8 Å². The minimum Gasteiger partial charge on any atom is -0.493 e. The zero-order valence-electron chi connectivity index (χ0n) is 27.3. The number of aliphatic hydroxyl groups excluding tert-OH is 1. The summed E-state index contributed by atoms with van der Waals surface area (Å²) in [6.45, 7) is 16.0. The maximum Gasteiger partial charge on any atom is 0.306 e. The van der Waals surface area contributed by atoms with E-state index in [2.05, 4.69) is 53.7 Å². The molecular formula is C36H64O4. The normalized spacial score (nSPS) is 20.3. The fourth-order valence-electron chi connectivity index (χ4n) is 5.64. The van der Waals surface area contributed by atoms with Crippen molar-refractivity contribution in [2.24, 2.45) is 23.7 Å². The summed E-state index contributed by atoms with van der Waals surface area (Å²) < 4.78 is 6.35. The number of unbranched alkanes of at least 4 members (excludes halogenated alkanes) is 5. The number of ether oxygens (including phenoxy) is 1. The van der Waals surface area contributed by atoms with Crippen molar-refractivity contribution in [2.75, 3.05) is 6.61 Å². The molecule has 0 heterocycles. The third-order valence-corrected chi connectivity index (χ3v) is 9.04. The molecule has 4 heteroatoms. The van der Waals surface area contributed by atoms with Gasteiger partial charge >= 0.3 is 5.97 Å². The fraction of sp³-hybridized carbons (Fsp3) is 0.806. The SMILES string of the molecule is CCCCCCCCOC1=C(C)C(C)C(O)C=C1CCC(C)CCCC(C)CCCC(C)=CCCC(C)C(=O)O. The van der Waals surface area contributed by atoms with Crippen LogP contribution in [0.3, 0.4) is 0 Å². The van der Waals surface area contributed by atoms with Crippen LogP contribution in [-0.4, -0.2) is 28.9 Å². The van der Waals surface area contributed by atoms with E-state index in [1.165, 1.54) is 80.9 Å². The Morgan fingerprint density at radius 2 is 1.57 bits per heavy atom. The van der Waals surface area contributed by atoms with Crippen molar-refractivity contribution in [2.45, 2.75) is 157 Å². The maximum atomic E-state index is 10.9. The van der Waals surface area contributed by atoms with Crippen LogP contribution in [-0.2, 0) is 9.53 Å². The second kappa shape index (κ2) is 21.2. The van der Waals surface area contributed by atoms with E-state index in [-0.39, 0.29) is 11.8 Å². The average molecular weight is 561 g/mol. The molecule has 0 fully saturated rings. The van der Waals surface area contributed by atoms with Crippen LogP contribution < -0.4 is 0 Å². The van der Waals surface area contributed by atoms with E-state index in [1.807, 2.05) is 0 Å². The molecule has 40 heavy (non-hydrogen) atoms. The molecular weight excluding hydrogens is 496 g/mol. The van der Waals surface area contributed by atoms with E-state index in [1.54, 1.807) is 6.92 Å². The molecule has 5 atom stereocenters. The van der Waals surface area contributed by atoms with Crippen molar-refractivity contribution in [3.63, 3.8) is 0 Å². The van der Waals surface area contributed by atoms with Gasteiger partial charge < -0.3 is 14.9 Å². The molecule has 5 unspecified atom stereocenters. The molecule has 232 valence electrons. The van der Waals surface area contributed by atoms with Gasteiger partial charge in [0.25, 0.3) is 0 Å². The smallest absolute Gasteiger partial charge is 0.306 e. The Morgan fingerprint density at radius 3 is 2.25 bits per heavy atom. The van der Waals surface area contributed by atoms with Gasteiger partial charge in [-0.2, -0.15) is 0 Å². The first-order chi connectivity index (χ1) is 19.1. The average Bonchev–Trinajstić information content (AvgIpc) is 2.91. The van der Waals surface area contributed by atoms with E-state index in [0.717, 1.165) is 56.8 Å². The van der Waals surface area contributed by atoms with Gasteiger partial charge in [-0.15, -0.1) is 0 Å². The van der Waals surface area contributed by atoms with Crippen molar-refractivity contribution in [3.05, 3.63) is 34.6 Å². The summed E-state index contributed by atoms with van der Waals surface area (Å²) in [4.78, 5) is 10.9. The molecule has 0 amide bonds. The van der Waals surface area contributed by atoms with Gasteiger partial charge in [0.1, 0.15) is 5.76 Å². The third kappa shape index (κ3) is 15.5. The molecule has 0 aliphatic heterocycles. The molecule has 2 N–H and O–H groups in total. The summed E-state index contributed by atoms with van der Waals surface area (Å²) in [7, 11) is 0. The number of carbonyl (C=O) groups is 1. The van der Waals surface area contributed by atoms with Crippen LogP contribution in [0.5, 0.6) is 0 Å². The summed E-state index contributed by atoms with van der Waals surface area (Å²) in [6.07, 6.45) is 22.6. The van der Waals surface area contributed by atoms with Crippen molar-refractivity contribution in [1.29, 1.82) is 0 Å². The highest BCUT2D eigenvalue weighted by Crippen LogP contribution is 2.34. The summed E-state index contributed by atoms with van der Waals surface area (Å²) >= 11 is 0. The van der Waals surface area contributed by atoms with Crippen LogP contribution in [0.15, 0.2) is 34.6 Å². The van der Waals surface area contributed by atoms with Gasteiger partial charge in [0.2, 0.25) is 0 Å². The molecule has 1 rings (SSSR count). The van der Waals surface area contributed by atoms with E-state index in [4.69, 9.17) is 9.84 Å². The highest BCUT2D eigenvalue weighted by atomic mass is 16.5. The first-order valence-corrected chi connectivity index (χ1v) is 16.7. The minimum atomic E-state index is -0.696. The van der Waals surface area contributed by atoms with Gasteiger partial charge in [-0.05, 0) is 87.9 Å². The maximum absolute atomic E-state index is 10.9. The first kappa shape index (κ1) is 36.5. The molecule has 0 spiro atoms. The van der Waals surface area contributed by atoms with Gasteiger partial charge in [0.05, 0.1) is 18.6 Å². The van der Waals surface area contributed by atoms with Crippen LogP contribution in [0, 0.1) is 23.7 Å². The second-order valence-electron chi connectivity index (χ2n) is 13.0. The van der Waals surface area contributed by atoms with E-state index in [9.17, 15) is 9.90 Å². The van der Waals surface area contributed by atoms with Gasteiger partial charge in [0.15, 0.2) is 0 Å². The van der Waals surface area contributed by atoms with E-state index in [0.29, 0.717) is 5.92 Å². The van der Waals surface area contributed by atoms with Crippen LogP contribution >= 0.6 is 0 Å². The number of aliphatic hydroxyl groups is 1. The number of aliphatic carboxylic acids is 1. The highest BCUT2D eigenvalue weighted by Gasteiger charge is 2.26. The number of rotatable bonds is 23. The predicted octanol–water partition coefficient (Wildman–Crippen LogP) is 10.4.